The average molecular weight is 401 g/mol. The molecule has 10 heteroatoms. The van der Waals surface area contributed by atoms with Gasteiger partial charge >= 0.3 is 6.03 Å². The Hall–Kier alpha value is -1.78. The van der Waals surface area contributed by atoms with E-state index in [4.69, 9.17) is 12.2 Å². The van der Waals surface area contributed by atoms with Gasteiger partial charge in [-0.25, -0.2) is 13.9 Å². The fraction of sp³-hybridized carbons (Fsp3) is 0.333. The van der Waals surface area contributed by atoms with Gasteiger partial charge in [0.25, 0.3) is 0 Å². The number of benzene rings is 1. The van der Waals surface area contributed by atoms with Crippen LogP contribution in [0.4, 0.5) is 9.18 Å². The van der Waals surface area contributed by atoms with Gasteiger partial charge < -0.3 is 5.32 Å². The number of hydrogen-bond acceptors (Lipinski definition) is 6. The molecule has 0 saturated heterocycles. The maximum atomic E-state index is 13.0. The summed E-state index contributed by atoms with van der Waals surface area (Å²) in [4.78, 5) is 23.3. The summed E-state index contributed by atoms with van der Waals surface area (Å²) in [6.45, 7) is 4.42. The molecule has 6 nitrogen and oxygen atoms in total. The summed E-state index contributed by atoms with van der Waals surface area (Å²) in [6.07, 6.45) is 0. The largest absolute Gasteiger partial charge is 0.338 e. The molecular weight excluding hydrogens is 383 g/mol. The highest BCUT2D eigenvalue weighted by molar-refractivity contribution is 8.01. The molecule has 0 unspecified atom stereocenters. The molecule has 0 radical (unpaired) electrons. The molecule has 0 aliphatic carbocycles. The molecule has 1 heterocycles. The first kappa shape index (κ1) is 19.5. The predicted molar refractivity (Wildman–Crippen MR) is 99.3 cm³/mol. The number of nitrogens with one attached hydrogen (secondary N) is 2. The Morgan fingerprint density at radius 2 is 2.04 bits per heavy atom. The quantitative estimate of drug-likeness (QED) is 0.574. The lowest BCUT2D eigenvalue weighted by Crippen LogP contribution is -2.41. The van der Waals surface area contributed by atoms with E-state index in [1.54, 1.807) is 12.1 Å². The molecule has 0 atom stereocenters. The van der Waals surface area contributed by atoms with Crippen molar-refractivity contribution in [3.8, 4) is 5.69 Å². The number of carbonyl (C=O) groups is 2. The van der Waals surface area contributed by atoms with Crippen LogP contribution in [0.15, 0.2) is 28.6 Å². The second-order valence-corrected chi connectivity index (χ2v) is 8.31. The monoisotopic (exact) mass is 400 g/mol. The second kappa shape index (κ2) is 9.07. The van der Waals surface area contributed by atoms with Gasteiger partial charge in [-0.05, 0) is 42.4 Å². The van der Waals surface area contributed by atoms with Gasteiger partial charge in [0.15, 0.2) is 8.29 Å². The number of aromatic nitrogens is 2. The lowest BCUT2D eigenvalue weighted by Gasteiger charge is -2.07. The third-order valence-corrected chi connectivity index (χ3v) is 5.22. The summed E-state index contributed by atoms with van der Waals surface area (Å²) in [5, 5.41) is 9.17. The van der Waals surface area contributed by atoms with Crippen molar-refractivity contribution in [3.63, 3.8) is 0 Å². The molecule has 0 fully saturated rings. The third-order valence-electron chi connectivity index (χ3n) is 2.85. The van der Waals surface area contributed by atoms with Crippen LogP contribution in [-0.2, 0) is 4.79 Å². The van der Waals surface area contributed by atoms with E-state index < -0.39 is 11.9 Å². The van der Waals surface area contributed by atoms with Gasteiger partial charge in [0.05, 0.1) is 11.4 Å². The van der Waals surface area contributed by atoms with Crippen LogP contribution >= 0.6 is 35.3 Å². The summed E-state index contributed by atoms with van der Waals surface area (Å²) in [5.74, 6) is -0.410. The third kappa shape index (κ3) is 6.22. The zero-order valence-electron chi connectivity index (χ0n) is 13.6. The van der Waals surface area contributed by atoms with E-state index in [0.717, 1.165) is 0 Å². The maximum absolute atomic E-state index is 13.0. The molecule has 2 aromatic rings. The van der Waals surface area contributed by atoms with Gasteiger partial charge in [-0.2, -0.15) is 0 Å². The smallest absolute Gasteiger partial charge is 0.321 e. The van der Waals surface area contributed by atoms with Crippen molar-refractivity contribution in [2.75, 3.05) is 12.3 Å². The second-order valence-electron chi connectivity index (χ2n) is 5.46. The number of amides is 3. The van der Waals surface area contributed by atoms with Crippen molar-refractivity contribution in [1.82, 2.24) is 20.4 Å². The first-order valence-corrected chi connectivity index (χ1v) is 9.62. The van der Waals surface area contributed by atoms with Gasteiger partial charge in [-0.3, -0.25) is 10.1 Å². The molecule has 134 valence electrons. The average Bonchev–Trinajstić information content (AvgIpc) is 2.93. The Balaban J connectivity index is 1.90. The van der Waals surface area contributed by atoms with Gasteiger partial charge in [-0.1, -0.05) is 36.9 Å². The molecule has 2 rings (SSSR count). The zero-order valence-corrected chi connectivity index (χ0v) is 16.1. The van der Waals surface area contributed by atoms with Crippen LogP contribution < -0.4 is 10.6 Å². The Bertz CT molecular complexity index is 802. The Morgan fingerprint density at radius 3 is 2.68 bits per heavy atom. The number of hydrogen-bond donors (Lipinski definition) is 2. The van der Waals surface area contributed by atoms with Crippen LogP contribution in [0.2, 0.25) is 0 Å². The van der Waals surface area contributed by atoms with Gasteiger partial charge in [0.2, 0.25) is 5.91 Å². The molecule has 0 spiro atoms. The van der Waals surface area contributed by atoms with Gasteiger partial charge in [0.1, 0.15) is 5.82 Å². The number of halogens is 1. The van der Waals surface area contributed by atoms with Crippen LogP contribution in [0.5, 0.6) is 0 Å². The molecular formula is C15H17FN4O2S3. The van der Waals surface area contributed by atoms with Gasteiger partial charge in [-0.15, -0.1) is 5.10 Å². The lowest BCUT2D eigenvalue weighted by molar-refractivity contribution is -0.117. The summed E-state index contributed by atoms with van der Waals surface area (Å²) < 4.78 is 15.6. The SMILES string of the molecule is CC(C)CNC(=O)NC(=O)CSc1nn(-c2ccc(F)cc2)c(=S)s1. The molecule has 2 N–H and O–H groups in total. The fourth-order valence-corrected chi connectivity index (χ4v) is 3.86. The molecule has 0 aliphatic heterocycles. The zero-order chi connectivity index (χ0) is 18.4. The first-order chi connectivity index (χ1) is 11.8. The minimum Gasteiger partial charge on any atom is -0.338 e. The van der Waals surface area contributed by atoms with Crippen molar-refractivity contribution in [2.24, 2.45) is 5.92 Å². The molecule has 1 aromatic heterocycles. The first-order valence-electron chi connectivity index (χ1n) is 7.41. The standard InChI is InChI=1S/C15H17FN4O2S3/c1-9(2)7-17-13(22)18-12(21)8-24-14-19-20(15(23)25-14)11-5-3-10(16)4-6-11/h3-6,9H,7-8H2,1-2H3,(H2,17,18,21,22). The number of nitrogens with zero attached hydrogens (tertiary/aromatic N) is 2. The maximum Gasteiger partial charge on any atom is 0.321 e. The molecule has 0 saturated carbocycles. The number of rotatable bonds is 6. The molecule has 3 amide bonds. The van der Waals surface area contributed by atoms with Gasteiger partial charge in [0, 0.05) is 6.54 Å². The minimum absolute atomic E-state index is 0.0425. The van der Waals surface area contributed by atoms with Crippen molar-refractivity contribution in [3.05, 3.63) is 34.0 Å². The van der Waals surface area contributed by atoms with Crippen LogP contribution in [0, 0.1) is 15.7 Å². The van der Waals surface area contributed by atoms with E-state index in [-0.39, 0.29) is 11.6 Å². The number of imide groups is 1. The Morgan fingerprint density at radius 1 is 1.36 bits per heavy atom. The molecule has 1 aromatic carbocycles. The highest BCUT2D eigenvalue weighted by Crippen LogP contribution is 2.23. The van der Waals surface area contributed by atoms with Crippen LogP contribution in [0.3, 0.4) is 0 Å². The molecule has 0 aliphatic rings. The summed E-state index contributed by atoms with van der Waals surface area (Å²) >= 11 is 7.67. The van der Waals surface area contributed by atoms with E-state index >= 15 is 0 Å². The molecule has 25 heavy (non-hydrogen) atoms. The Kier molecular flexibility index (Phi) is 7.09. The highest BCUT2D eigenvalue weighted by Gasteiger charge is 2.11. The van der Waals surface area contributed by atoms with Crippen molar-refractivity contribution >= 4 is 47.3 Å². The summed E-state index contributed by atoms with van der Waals surface area (Å²) in [5.41, 5.74) is 0.645. The van der Waals surface area contributed by atoms with Crippen LogP contribution in [0.25, 0.3) is 5.69 Å². The fourth-order valence-electron chi connectivity index (χ4n) is 1.70. The van der Waals surface area contributed by atoms with Crippen molar-refractivity contribution < 1.29 is 14.0 Å². The van der Waals surface area contributed by atoms with E-state index in [1.165, 1.54) is 39.9 Å². The van der Waals surface area contributed by atoms with E-state index in [1.807, 2.05) is 13.8 Å². The summed E-state index contributed by atoms with van der Waals surface area (Å²) in [7, 11) is 0. The number of thioether (sulfide) groups is 1. The lowest BCUT2D eigenvalue weighted by atomic mass is 10.2. The van der Waals surface area contributed by atoms with E-state index in [0.29, 0.717) is 26.4 Å². The topological polar surface area (TPSA) is 76.0 Å². The predicted octanol–water partition coefficient (Wildman–Crippen LogP) is 3.38. The van der Waals surface area contributed by atoms with Crippen LogP contribution in [-0.4, -0.2) is 34.0 Å². The highest BCUT2D eigenvalue weighted by atomic mass is 32.2. The van der Waals surface area contributed by atoms with E-state index in [9.17, 15) is 14.0 Å². The molecule has 0 bridgehead atoms. The van der Waals surface area contributed by atoms with Crippen LogP contribution in [0.1, 0.15) is 13.8 Å². The van der Waals surface area contributed by atoms with Crippen molar-refractivity contribution in [1.29, 1.82) is 0 Å². The number of carbonyl (C=O) groups excluding carboxylic acids is 2. The van der Waals surface area contributed by atoms with E-state index in [2.05, 4.69) is 15.7 Å². The Labute approximate surface area is 157 Å². The number of urea groups is 1. The van der Waals surface area contributed by atoms with Crippen molar-refractivity contribution in [2.45, 2.75) is 18.2 Å². The normalized spacial score (nSPS) is 10.7. The minimum atomic E-state index is -0.510. The summed E-state index contributed by atoms with van der Waals surface area (Å²) in [6, 6.07) is 5.29.